The van der Waals surface area contributed by atoms with Crippen LogP contribution in [0.25, 0.3) is 5.65 Å². The molecule has 2 rings (SSSR count). The van der Waals surface area contributed by atoms with Crippen LogP contribution in [0.5, 0.6) is 0 Å². The first kappa shape index (κ1) is 12.2. The molecule has 0 spiro atoms. The van der Waals surface area contributed by atoms with Crippen molar-refractivity contribution < 1.29 is 0 Å². The average Bonchev–Trinajstić information content (AvgIpc) is 2.76. The van der Waals surface area contributed by atoms with Crippen molar-refractivity contribution in [2.45, 2.75) is 51.9 Å². The molecule has 2 nitrogen and oxygen atoms in total. The molecule has 2 heterocycles. The van der Waals surface area contributed by atoms with Gasteiger partial charge in [0.1, 0.15) is 5.65 Å². The van der Waals surface area contributed by atoms with Crippen LogP contribution in [0.1, 0.15) is 52.0 Å². The molecule has 0 saturated heterocycles. The van der Waals surface area contributed by atoms with Crippen LogP contribution in [0.2, 0.25) is 0 Å². The molecule has 0 unspecified atom stereocenters. The summed E-state index contributed by atoms with van der Waals surface area (Å²) in [6.07, 6.45) is 11.1. The lowest BCUT2D eigenvalue weighted by Gasteiger charge is -2.29. The van der Waals surface area contributed by atoms with E-state index in [2.05, 4.69) is 48.5 Å². The number of aromatic nitrogens is 2. The maximum absolute atomic E-state index is 4.30. The summed E-state index contributed by atoms with van der Waals surface area (Å²) in [6, 6.07) is 4.37. The van der Waals surface area contributed by atoms with E-state index in [1.807, 2.05) is 12.4 Å². The van der Waals surface area contributed by atoms with E-state index in [9.17, 15) is 0 Å². The molecule has 0 aromatic carbocycles. The smallest absolute Gasteiger partial charge is 0.136 e. The van der Waals surface area contributed by atoms with Gasteiger partial charge in [-0.05, 0) is 29.9 Å². The Hall–Kier alpha value is -1.31. The molecule has 0 fully saturated rings. The van der Waals surface area contributed by atoms with E-state index in [-0.39, 0.29) is 0 Å². The number of imidazole rings is 1. The second kappa shape index (κ2) is 4.91. The lowest BCUT2D eigenvalue weighted by Crippen LogP contribution is -2.22. The van der Waals surface area contributed by atoms with Gasteiger partial charge in [0.25, 0.3) is 0 Å². The maximum Gasteiger partial charge on any atom is 0.136 e. The Balaban J connectivity index is 2.40. The van der Waals surface area contributed by atoms with Gasteiger partial charge in [-0.2, -0.15) is 0 Å². The molecule has 17 heavy (non-hydrogen) atoms. The summed E-state index contributed by atoms with van der Waals surface area (Å²) >= 11 is 0. The summed E-state index contributed by atoms with van der Waals surface area (Å²) < 4.78 is 2.12. The summed E-state index contributed by atoms with van der Waals surface area (Å²) in [4.78, 5) is 4.30. The highest BCUT2D eigenvalue weighted by Crippen LogP contribution is 2.33. The standard InChI is InChI=1S/C15H22N2/c1-4-8-15(3,9-5-2)13-6-7-14-16-10-11-17(14)12-13/h6-7,10-12H,4-5,8-9H2,1-3H3. The van der Waals surface area contributed by atoms with E-state index in [0.29, 0.717) is 5.41 Å². The normalized spacial score (nSPS) is 12.2. The Morgan fingerprint density at radius 1 is 1.18 bits per heavy atom. The zero-order chi connectivity index (χ0) is 12.3. The van der Waals surface area contributed by atoms with Crippen molar-refractivity contribution >= 4 is 5.65 Å². The molecule has 0 amide bonds. The minimum Gasteiger partial charge on any atom is -0.307 e. The van der Waals surface area contributed by atoms with Crippen LogP contribution in [0.15, 0.2) is 30.7 Å². The summed E-state index contributed by atoms with van der Waals surface area (Å²) in [6.45, 7) is 6.92. The fourth-order valence-corrected chi connectivity index (χ4v) is 2.79. The Morgan fingerprint density at radius 2 is 1.88 bits per heavy atom. The van der Waals surface area contributed by atoms with Crippen molar-refractivity contribution in [3.8, 4) is 0 Å². The van der Waals surface area contributed by atoms with Crippen LogP contribution >= 0.6 is 0 Å². The monoisotopic (exact) mass is 230 g/mol. The topological polar surface area (TPSA) is 17.3 Å². The first-order valence-corrected chi connectivity index (χ1v) is 6.63. The van der Waals surface area contributed by atoms with Gasteiger partial charge in [0.15, 0.2) is 0 Å². The molecule has 0 atom stereocenters. The number of hydrogen-bond acceptors (Lipinski definition) is 1. The van der Waals surface area contributed by atoms with Crippen molar-refractivity contribution in [1.82, 2.24) is 9.38 Å². The van der Waals surface area contributed by atoms with Crippen LogP contribution in [-0.4, -0.2) is 9.38 Å². The van der Waals surface area contributed by atoms with Crippen LogP contribution in [-0.2, 0) is 5.41 Å². The van der Waals surface area contributed by atoms with Gasteiger partial charge >= 0.3 is 0 Å². The zero-order valence-electron chi connectivity index (χ0n) is 11.1. The lowest BCUT2D eigenvalue weighted by molar-refractivity contribution is 0.390. The molecule has 0 radical (unpaired) electrons. The molecule has 0 bridgehead atoms. The van der Waals surface area contributed by atoms with E-state index in [1.54, 1.807) is 0 Å². The van der Waals surface area contributed by atoms with Crippen molar-refractivity contribution in [1.29, 1.82) is 0 Å². The third kappa shape index (κ3) is 2.36. The molecule has 2 heteroatoms. The number of hydrogen-bond donors (Lipinski definition) is 0. The van der Waals surface area contributed by atoms with Gasteiger partial charge in [0.2, 0.25) is 0 Å². The number of rotatable bonds is 5. The summed E-state index contributed by atoms with van der Waals surface area (Å²) in [5.74, 6) is 0. The predicted molar refractivity (Wildman–Crippen MR) is 72.4 cm³/mol. The third-order valence-electron chi connectivity index (χ3n) is 3.69. The molecule has 0 aliphatic carbocycles. The van der Waals surface area contributed by atoms with Crippen LogP contribution in [0, 0.1) is 0 Å². The van der Waals surface area contributed by atoms with Gasteiger partial charge in [0.05, 0.1) is 0 Å². The van der Waals surface area contributed by atoms with Crippen LogP contribution in [0.3, 0.4) is 0 Å². The molecule has 2 aromatic rings. The minimum atomic E-state index is 0.307. The van der Waals surface area contributed by atoms with Gasteiger partial charge in [-0.3, -0.25) is 0 Å². The first-order chi connectivity index (χ1) is 8.19. The Kier molecular flexibility index (Phi) is 3.51. The van der Waals surface area contributed by atoms with E-state index >= 15 is 0 Å². The highest BCUT2D eigenvalue weighted by atomic mass is 15.0. The molecule has 0 saturated carbocycles. The summed E-state index contributed by atoms with van der Waals surface area (Å²) in [7, 11) is 0. The fourth-order valence-electron chi connectivity index (χ4n) is 2.79. The fraction of sp³-hybridized carbons (Fsp3) is 0.533. The molecule has 2 aromatic heterocycles. The Morgan fingerprint density at radius 3 is 2.53 bits per heavy atom. The largest absolute Gasteiger partial charge is 0.307 e. The molecule has 0 N–H and O–H groups in total. The first-order valence-electron chi connectivity index (χ1n) is 6.63. The minimum absolute atomic E-state index is 0.307. The highest BCUT2D eigenvalue weighted by Gasteiger charge is 2.24. The van der Waals surface area contributed by atoms with Gasteiger partial charge in [-0.15, -0.1) is 0 Å². The SMILES string of the molecule is CCCC(C)(CCC)c1ccc2nccn2c1. The molecular weight excluding hydrogens is 208 g/mol. The molecular formula is C15H22N2. The molecule has 0 aliphatic rings. The van der Waals surface area contributed by atoms with E-state index in [0.717, 1.165) is 5.65 Å². The number of pyridine rings is 1. The van der Waals surface area contributed by atoms with E-state index in [4.69, 9.17) is 0 Å². The zero-order valence-corrected chi connectivity index (χ0v) is 11.1. The van der Waals surface area contributed by atoms with Crippen LogP contribution < -0.4 is 0 Å². The summed E-state index contributed by atoms with van der Waals surface area (Å²) in [5, 5.41) is 0. The average molecular weight is 230 g/mol. The van der Waals surface area contributed by atoms with E-state index < -0.39 is 0 Å². The second-order valence-electron chi connectivity index (χ2n) is 5.17. The van der Waals surface area contributed by atoms with Gasteiger partial charge in [-0.1, -0.05) is 39.7 Å². The Bertz CT molecular complexity index is 478. The van der Waals surface area contributed by atoms with Gasteiger partial charge in [-0.25, -0.2) is 4.98 Å². The van der Waals surface area contributed by atoms with Gasteiger partial charge < -0.3 is 4.40 Å². The number of fused-ring (bicyclic) bond motifs is 1. The van der Waals surface area contributed by atoms with Crippen molar-refractivity contribution in [3.05, 3.63) is 36.3 Å². The Labute approximate surface area is 104 Å². The highest BCUT2D eigenvalue weighted by molar-refractivity contribution is 5.41. The molecule has 92 valence electrons. The lowest BCUT2D eigenvalue weighted by atomic mass is 9.76. The summed E-state index contributed by atoms with van der Waals surface area (Å²) in [5.41, 5.74) is 2.78. The van der Waals surface area contributed by atoms with Crippen molar-refractivity contribution in [3.63, 3.8) is 0 Å². The van der Waals surface area contributed by atoms with Crippen LogP contribution in [0.4, 0.5) is 0 Å². The molecule has 0 aliphatic heterocycles. The van der Waals surface area contributed by atoms with Crippen molar-refractivity contribution in [2.75, 3.05) is 0 Å². The van der Waals surface area contributed by atoms with Gasteiger partial charge in [0, 0.05) is 18.6 Å². The maximum atomic E-state index is 4.30. The van der Waals surface area contributed by atoms with E-state index in [1.165, 1.54) is 31.2 Å². The number of nitrogens with zero attached hydrogens (tertiary/aromatic N) is 2. The second-order valence-corrected chi connectivity index (χ2v) is 5.17. The third-order valence-corrected chi connectivity index (χ3v) is 3.69. The predicted octanol–water partition coefficient (Wildman–Crippen LogP) is 4.19. The quantitative estimate of drug-likeness (QED) is 0.752. The van der Waals surface area contributed by atoms with Crippen molar-refractivity contribution in [2.24, 2.45) is 0 Å².